The van der Waals surface area contributed by atoms with E-state index in [4.69, 9.17) is 14.5 Å². The average Bonchev–Trinajstić information content (AvgIpc) is 2.93. The van der Waals surface area contributed by atoms with Gasteiger partial charge in [0, 0.05) is 48.1 Å². The molecule has 6 heteroatoms. The molecule has 5 rings (SSSR count). The van der Waals surface area contributed by atoms with Crippen LogP contribution in [0.2, 0.25) is 0 Å². The van der Waals surface area contributed by atoms with E-state index in [9.17, 15) is 9.59 Å². The zero-order valence-corrected chi connectivity index (χ0v) is 21.1. The highest BCUT2D eigenvalue weighted by atomic mass is 16.5. The normalized spacial score (nSPS) is 21.2. The minimum absolute atomic E-state index is 0.0289. The first kappa shape index (κ1) is 24.6. The van der Waals surface area contributed by atoms with Crippen LogP contribution in [-0.4, -0.2) is 36.2 Å². The van der Waals surface area contributed by atoms with Crippen LogP contribution in [0.5, 0.6) is 5.75 Å². The van der Waals surface area contributed by atoms with Crippen LogP contribution in [0.4, 0.5) is 0 Å². The van der Waals surface area contributed by atoms with E-state index in [0.717, 1.165) is 28.1 Å². The number of nitrogens with zero attached hydrogens (tertiary/aromatic N) is 2. The summed E-state index contributed by atoms with van der Waals surface area (Å²) in [5, 5.41) is 0. The number of Topliss-reactive ketones (excluding diaryl/α,β-unsaturated/α-hetero) is 1. The molecule has 188 valence electrons. The van der Waals surface area contributed by atoms with E-state index < -0.39 is 11.8 Å². The fourth-order valence-electron chi connectivity index (χ4n) is 5.41. The standard InChI is InChI=1S/C31H30N2O4/c1-20-28(31(35)37-17-14-21-6-4-3-5-7-21)29(23-12-15-32-16-13-23)30-26(33-20)18-24(19-27(30)34)22-8-10-25(36-2)11-9-22/h3-13,15-16,24,28-29H,14,17-19H2,1-2H3. The molecule has 0 saturated carbocycles. The molecule has 0 N–H and O–H groups in total. The lowest BCUT2D eigenvalue weighted by Crippen LogP contribution is -2.38. The first-order valence-electron chi connectivity index (χ1n) is 12.6. The first-order chi connectivity index (χ1) is 18.0. The molecule has 1 aromatic heterocycles. The number of ether oxygens (including phenoxy) is 2. The Hall–Kier alpha value is -4.06. The fourth-order valence-corrected chi connectivity index (χ4v) is 5.41. The molecule has 0 radical (unpaired) electrons. The summed E-state index contributed by atoms with van der Waals surface area (Å²) in [6.45, 7) is 2.14. The molecule has 1 aliphatic carbocycles. The molecule has 3 aromatic rings. The van der Waals surface area contributed by atoms with E-state index in [1.54, 1.807) is 19.5 Å². The van der Waals surface area contributed by atoms with E-state index in [1.807, 2.05) is 73.7 Å². The van der Waals surface area contributed by atoms with Crippen LogP contribution in [0.15, 0.2) is 95.4 Å². The van der Waals surface area contributed by atoms with E-state index in [-0.39, 0.29) is 24.3 Å². The fraction of sp³-hybridized carbons (Fsp3) is 0.290. The topological polar surface area (TPSA) is 77.8 Å². The van der Waals surface area contributed by atoms with Crippen LogP contribution in [0.25, 0.3) is 0 Å². The number of pyridine rings is 1. The zero-order chi connectivity index (χ0) is 25.8. The largest absolute Gasteiger partial charge is 0.497 e. The molecule has 2 aliphatic rings. The van der Waals surface area contributed by atoms with Crippen molar-refractivity contribution in [3.05, 3.63) is 107 Å². The van der Waals surface area contributed by atoms with Gasteiger partial charge in [0.25, 0.3) is 0 Å². The molecule has 37 heavy (non-hydrogen) atoms. The predicted octanol–water partition coefficient (Wildman–Crippen LogP) is 5.45. The van der Waals surface area contributed by atoms with Crippen molar-refractivity contribution >= 4 is 17.5 Å². The number of allylic oxidation sites excluding steroid dienone is 2. The summed E-state index contributed by atoms with van der Waals surface area (Å²) in [6, 6.07) is 21.5. The molecule has 0 fully saturated rings. The van der Waals surface area contributed by atoms with Gasteiger partial charge in [-0.25, -0.2) is 0 Å². The van der Waals surface area contributed by atoms with Gasteiger partial charge in [0.15, 0.2) is 5.78 Å². The molecule has 0 bridgehead atoms. The van der Waals surface area contributed by atoms with Crippen molar-refractivity contribution in [3.8, 4) is 5.75 Å². The summed E-state index contributed by atoms with van der Waals surface area (Å²) in [7, 11) is 1.64. The number of carbonyl (C=O) groups excluding carboxylic acids is 2. The van der Waals surface area contributed by atoms with Crippen molar-refractivity contribution in [2.45, 2.75) is 38.0 Å². The molecule has 6 nitrogen and oxygen atoms in total. The minimum Gasteiger partial charge on any atom is -0.497 e. The van der Waals surface area contributed by atoms with Crippen molar-refractivity contribution in [3.63, 3.8) is 0 Å². The highest BCUT2D eigenvalue weighted by Crippen LogP contribution is 2.46. The van der Waals surface area contributed by atoms with Crippen LogP contribution in [-0.2, 0) is 20.7 Å². The Morgan fingerprint density at radius 3 is 2.38 bits per heavy atom. The van der Waals surface area contributed by atoms with Crippen LogP contribution in [0, 0.1) is 5.92 Å². The monoisotopic (exact) mass is 494 g/mol. The number of hydrogen-bond donors (Lipinski definition) is 0. The van der Waals surface area contributed by atoms with E-state index in [1.165, 1.54) is 0 Å². The number of carbonyl (C=O) groups is 2. The molecular weight excluding hydrogens is 464 g/mol. The number of hydrogen-bond acceptors (Lipinski definition) is 6. The highest BCUT2D eigenvalue weighted by Gasteiger charge is 2.44. The van der Waals surface area contributed by atoms with Gasteiger partial charge in [-0.2, -0.15) is 0 Å². The predicted molar refractivity (Wildman–Crippen MR) is 142 cm³/mol. The summed E-state index contributed by atoms with van der Waals surface area (Å²) < 4.78 is 11.0. The van der Waals surface area contributed by atoms with Crippen molar-refractivity contribution in [2.75, 3.05) is 13.7 Å². The Morgan fingerprint density at radius 1 is 0.946 bits per heavy atom. The Labute approximate surface area is 217 Å². The maximum atomic E-state index is 13.7. The van der Waals surface area contributed by atoms with Crippen LogP contribution in [0.1, 0.15) is 48.3 Å². The Kier molecular flexibility index (Phi) is 7.26. The van der Waals surface area contributed by atoms with Gasteiger partial charge < -0.3 is 9.47 Å². The molecule has 0 spiro atoms. The molecule has 2 heterocycles. The Balaban J connectivity index is 1.43. The van der Waals surface area contributed by atoms with Crippen molar-refractivity contribution in [1.82, 2.24) is 4.98 Å². The number of rotatable bonds is 7. The molecule has 3 atom stereocenters. The van der Waals surface area contributed by atoms with Crippen molar-refractivity contribution < 1.29 is 19.1 Å². The van der Waals surface area contributed by atoms with Crippen LogP contribution in [0.3, 0.4) is 0 Å². The van der Waals surface area contributed by atoms with Gasteiger partial charge in [-0.05, 0) is 60.2 Å². The quantitative estimate of drug-likeness (QED) is 0.408. The van der Waals surface area contributed by atoms with Gasteiger partial charge in [-0.3, -0.25) is 19.6 Å². The molecule has 3 unspecified atom stereocenters. The molecule has 0 amide bonds. The third-order valence-electron chi connectivity index (χ3n) is 7.27. The summed E-state index contributed by atoms with van der Waals surface area (Å²) >= 11 is 0. The van der Waals surface area contributed by atoms with Crippen molar-refractivity contribution in [1.29, 1.82) is 0 Å². The summed E-state index contributed by atoms with van der Waals surface area (Å²) in [6.07, 6.45) is 5.04. The van der Waals surface area contributed by atoms with E-state index in [0.29, 0.717) is 30.5 Å². The van der Waals surface area contributed by atoms with E-state index >= 15 is 0 Å². The number of esters is 1. The Morgan fingerprint density at radius 2 is 1.68 bits per heavy atom. The van der Waals surface area contributed by atoms with Crippen LogP contribution >= 0.6 is 0 Å². The molecule has 0 saturated heterocycles. The molecule has 1 aliphatic heterocycles. The minimum atomic E-state index is -0.654. The lowest BCUT2D eigenvalue weighted by atomic mass is 9.69. The molecular formula is C31H30N2O4. The second kappa shape index (κ2) is 10.9. The lowest BCUT2D eigenvalue weighted by molar-refractivity contribution is -0.146. The SMILES string of the molecule is COc1ccc(C2CC(=O)C3=C(C2)N=C(C)C(C(=O)OCCc2ccccc2)C3c2ccncc2)cc1. The van der Waals surface area contributed by atoms with Gasteiger partial charge in [-0.1, -0.05) is 42.5 Å². The smallest absolute Gasteiger partial charge is 0.315 e. The highest BCUT2D eigenvalue weighted by molar-refractivity contribution is 6.09. The van der Waals surface area contributed by atoms with Crippen LogP contribution < -0.4 is 4.74 Å². The van der Waals surface area contributed by atoms with E-state index in [2.05, 4.69) is 4.98 Å². The first-order valence-corrected chi connectivity index (χ1v) is 12.6. The third-order valence-corrected chi connectivity index (χ3v) is 7.27. The average molecular weight is 495 g/mol. The van der Waals surface area contributed by atoms with Gasteiger partial charge in [0.1, 0.15) is 11.7 Å². The Bertz CT molecular complexity index is 1330. The number of benzene rings is 2. The van der Waals surface area contributed by atoms with Gasteiger partial charge in [0.2, 0.25) is 0 Å². The number of ketones is 1. The maximum absolute atomic E-state index is 13.7. The van der Waals surface area contributed by atoms with Crippen molar-refractivity contribution in [2.24, 2.45) is 10.9 Å². The molecule has 2 aromatic carbocycles. The second-order valence-corrected chi connectivity index (χ2v) is 9.55. The van der Waals surface area contributed by atoms with Gasteiger partial charge in [-0.15, -0.1) is 0 Å². The summed E-state index contributed by atoms with van der Waals surface area (Å²) in [5.74, 6) is -0.606. The summed E-state index contributed by atoms with van der Waals surface area (Å²) in [5.41, 5.74) is 5.13. The van der Waals surface area contributed by atoms with Gasteiger partial charge in [0.05, 0.1) is 13.7 Å². The third kappa shape index (κ3) is 5.24. The number of aromatic nitrogens is 1. The summed E-state index contributed by atoms with van der Waals surface area (Å²) in [4.78, 5) is 36.1. The maximum Gasteiger partial charge on any atom is 0.315 e. The lowest BCUT2D eigenvalue weighted by Gasteiger charge is -2.36. The number of methoxy groups -OCH3 is 1. The zero-order valence-electron chi connectivity index (χ0n) is 21.1. The van der Waals surface area contributed by atoms with Gasteiger partial charge >= 0.3 is 5.97 Å². The number of aliphatic imine (C=N–C) groups is 1. The second-order valence-electron chi connectivity index (χ2n) is 9.55.